The van der Waals surface area contributed by atoms with Crippen molar-refractivity contribution in [1.29, 1.82) is 10.5 Å². The van der Waals surface area contributed by atoms with E-state index < -0.39 is 17.5 Å². The summed E-state index contributed by atoms with van der Waals surface area (Å²) in [5.41, 5.74) is 0.365. The van der Waals surface area contributed by atoms with Gasteiger partial charge in [0.2, 0.25) is 0 Å². The number of carbonyl (C=O) groups excluding carboxylic acids is 1. The fraction of sp³-hybridized carbons (Fsp3) is 0.476. The molecule has 1 aliphatic carbocycles. The summed E-state index contributed by atoms with van der Waals surface area (Å²) in [7, 11) is 0. The van der Waals surface area contributed by atoms with Gasteiger partial charge in [0.25, 0.3) is 0 Å². The molecule has 0 heterocycles. The first-order valence-electron chi connectivity index (χ1n) is 8.80. The quantitative estimate of drug-likeness (QED) is 0.838. The first-order valence-corrected chi connectivity index (χ1v) is 8.80. The average molecular weight is 352 g/mol. The van der Waals surface area contributed by atoms with E-state index in [-0.39, 0.29) is 30.4 Å². The Labute approximate surface area is 154 Å². The molecule has 0 saturated heterocycles. The highest BCUT2D eigenvalue weighted by Crippen LogP contribution is 2.50. The van der Waals surface area contributed by atoms with E-state index in [1.165, 1.54) is 0 Å². The molecule has 1 aliphatic rings. The van der Waals surface area contributed by atoms with Gasteiger partial charge in [-0.25, -0.2) is 4.79 Å². The van der Waals surface area contributed by atoms with E-state index in [2.05, 4.69) is 0 Å². The zero-order chi connectivity index (χ0) is 19.5. The molecule has 0 amide bonds. The molecule has 0 fully saturated rings. The van der Waals surface area contributed by atoms with Crippen LogP contribution in [0.3, 0.4) is 0 Å². The summed E-state index contributed by atoms with van der Waals surface area (Å²) in [4.78, 5) is 12.7. The summed E-state index contributed by atoms with van der Waals surface area (Å²) >= 11 is 0. The number of hydrogen-bond donors (Lipinski definition) is 1. The second-order valence-corrected chi connectivity index (χ2v) is 7.03. The van der Waals surface area contributed by atoms with Gasteiger partial charge in [0, 0.05) is 11.1 Å². The summed E-state index contributed by atoms with van der Waals surface area (Å²) in [5.74, 6) is -0.923. The normalized spacial score (nSPS) is 21.8. The number of esters is 1. The fourth-order valence-electron chi connectivity index (χ4n) is 3.55. The Balaban J connectivity index is 2.82. The number of nitriles is 2. The molecular weight excluding hydrogens is 328 g/mol. The Kier molecular flexibility index (Phi) is 5.85. The van der Waals surface area contributed by atoms with Gasteiger partial charge < -0.3 is 9.84 Å². The molecule has 1 aromatic carbocycles. The lowest BCUT2D eigenvalue weighted by Gasteiger charge is -2.41. The average Bonchev–Trinajstić information content (AvgIpc) is 2.62. The van der Waals surface area contributed by atoms with Crippen LogP contribution in [-0.2, 0) is 9.53 Å². The lowest BCUT2D eigenvalue weighted by molar-refractivity contribution is -0.139. The number of aliphatic hydroxyl groups excluding tert-OH is 1. The zero-order valence-electron chi connectivity index (χ0n) is 15.6. The maximum Gasteiger partial charge on any atom is 0.334 e. The molecule has 0 saturated carbocycles. The van der Waals surface area contributed by atoms with Crippen LogP contribution >= 0.6 is 0 Å². The van der Waals surface area contributed by atoms with Crippen LogP contribution in [0.2, 0.25) is 0 Å². The van der Waals surface area contributed by atoms with Crippen LogP contribution in [-0.4, -0.2) is 23.8 Å². The fourth-order valence-corrected chi connectivity index (χ4v) is 3.55. The Morgan fingerprint density at radius 1 is 1.31 bits per heavy atom. The van der Waals surface area contributed by atoms with Crippen LogP contribution in [0.15, 0.2) is 29.8 Å². The topological polar surface area (TPSA) is 94.1 Å². The second kappa shape index (κ2) is 7.72. The molecule has 0 spiro atoms. The molecule has 0 aliphatic heterocycles. The van der Waals surface area contributed by atoms with Crippen molar-refractivity contribution in [1.82, 2.24) is 0 Å². The van der Waals surface area contributed by atoms with Crippen molar-refractivity contribution in [3.8, 4) is 12.1 Å². The van der Waals surface area contributed by atoms with E-state index in [4.69, 9.17) is 4.74 Å². The van der Waals surface area contributed by atoms with Crippen molar-refractivity contribution in [3.05, 3.63) is 41.0 Å². The SMILES string of the molecule is CCOC(=O)C1=C(c2ccc(C)cc2)C(C#N)(C#N)[C@@H](O)[C@H](C(C)C)C1. The minimum absolute atomic E-state index is 0.00457. The lowest BCUT2D eigenvalue weighted by atomic mass is 9.61. The summed E-state index contributed by atoms with van der Waals surface area (Å²) in [6.45, 7) is 7.66. The highest BCUT2D eigenvalue weighted by Gasteiger charge is 2.53. The number of aliphatic hydroxyl groups is 1. The maximum absolute atomic E-state index is 12.7. The van der Waals surface area contributed by atoms with E-state index >= 15 is 0 Å². The van der Waals surface area contributed by atoms with E-state index in [0.29, 0.717) is 11.1 Å². The molecule has 1 N–H and O–H groups in total. The van der Waals surface area contributed by atoms with Crippen molar-refractivity contribution in [2.45, 2.75) is 40.2 Å². The Morgan fingerprint density at radius 3 is 2.35 bits per heavy atom. The van der Waals surface area contributed by atoms with E-state index in [1.807, 2.05) is 45.0 Å². The van der Waals surface area contributed by atoms with Crippen LogP contribution in [0, 0.1) is 46.8 Å². The van der Waals surface area contributed by atoms with Crippen molar-refractivity contribution in [2.75, 3.05) is 6.61 Å². The molecular formula is C21H24N2O3. The van der Waals surface area contributed by atoms with Gasteiger partial charge in [0.15, 0.2) is 5.41 Å². The van der Waals surface area contributed by atoms with Crippen LogP contribution in [0.4, 0.5) is 0 Å². The Bertz CT molecular complexity index is 780. The van der Waals surface area contributed by atoms with Gasteiger partial charge in [-0.05, 0) is 37.7 Å². The molecule has 2 atom stereocenters. The van der Waals surface area contributed by atoms with E-state index in [0.717, 1.165) is 5.56 Å². The van der Waals surface area contributed by atoms with Gasteiger partial charge >= 0.3 is 5.97 Å². The van der Waals surface area contributed by atoms with Crippen molar-refractivity contribution >= 4 is 11.5 Å². The summed E-state index contributed by atoms with van der Waals surface area (Å²) in [6.07, 6.45) is -0.918. The first-order chi connectivity index (χ1) is 12.3. The molecule has 0 unspecified atom stereocenters. The molecule has 5 nitrogen and oxygen atoms in total. The van der Waals surface area contributed by atoms with Gasteiger partial charge in [-0.1, -0.05) is 43.7 Å². The molecule has 136 valence electrons. The number of aryl methyl sites for hydroxylation is 1. The minimum atomic E-state index is -1.81. The largest absolute Gasteiger partial charge is 0.463 e. The lowest BCUT2D eigenvalue weighted by Crippen LogP contribution is -2.46. The second-order valence-electron chi connectivity index (χ2n) is 7.03. The van der Waals surface area contributed by atoms with Crippen LogP contribution in [0.25, 0.3) is 5.57 Å². The van der Waals surface area contributed by atoms with Gasteiger partial charge in [-0.3, -0.25) is 0 Å². The van der Waals surface area contributed by atoms with Crippen LogP contribution < -0.4 is 0 Å². The summed E-state index contributed by atoms with van der Waals surface area (Å²) in [6, 6.07) is 11.3. The molecule has 0 bridgehead atoms. The van der Waals surface area contributed by atoms with Gasteiger partial charge in [-0.2, -0.15) is 10.5 Å². The number of rotatable bonds is 4. The van der Waals surface area contributed by atoms with Gasteiger partial charge in [-0.15, -0.1) is 0 Å². The number of benzene rings is 1. The summed E-state index contributed by atoms with van der Waals surface area (Å²) < 4.78 is 5.21. The Hall–Kier alpha value is -2.63. The van der Waals surface area contributed by atoms with Crippen LogP contribution in [0.1, 0.15) is 38.3 Å². The number of hydrogen-bond acceptors (Lipinski definition) is 5. The maximum atomic E-state index is 12.7. The van der Waals surface area contributed by atoms with Crippen molar-refractivity contribution in [2.24, 2.45) is 17.3 Å². The van der Waals surface area contributed by atoms with Crippen molar-refractivity contribution in [3.63, 3.8) is 0 Å². The van der Waals surface area contributed by atoms with E-state index in [1.54, 1.807) is 19.1 Å². The molecule has 0 aromatic heterocycles. The molecule has 2 rings (SSSR count). The minimum Gasteiger partial charge on any atom is -0.463 e. The smallest absolute Gasteiger partial charge is 0.334 e. The highest BCUT2D eigenvalue weighted by atomic mass is 16.5. The number of carbonyl (C=O) groups is 1. The predicted octanol–water partition coefficient (Wildman–Crippen LogP) is 3.38. The number of nitrogens with zero attached hydrogens (tertiary/aromatic N) is 2. The molecule has 26 heavy (non-hydrogen) atoms. The molecule has 5 heteroatoms. The van der Waals surface area contributed by atoms with Crippen LogP contribution in [0.5, 0.6) is 0 Å². The third kappa shape index (κ3) is 3.23. The van der Waals surface area contributed by atoms with Gasteiger partial charge in [0.1, 0.15) is 0 Å². The monoisotopic (exact) mass is 352 g/mol. The van der Waals surface area contributed by atoms with Gasteiger partial charge in [0.05, 0.1) is 24.8 Å². The summed E-state index contributed by atoms with van der Waals surface area (Å²) in [5, 5.41) is 30.8. The Morgan fingerprint density at radius 2 is 1.88 bits per heavy atom. The predicted molar refractivity (Wildman–Crippen MR) is 97.3 cm³/mol. The third-order valence-corrected chi connectivity index (χ3v) is 5.06. The zero-order valence-corrected chi connectivity index (χ0v) is 15.6. The standard InChI is InChI=1S/C21H24N2O3/c1-5-26-20(25)17-10-16(13(2)3)19(24)21(11-22,12-23)18(17)15-8-6-14(4)7-9-15/h6-9,13,16,19,24H,5,10H2,1-4H3/t16-,19-/m0/s1. The number of ether oxygens (including phenoxy) is 1. The van der Waals surface area contributed by atoms with Crippen molar-refractivity contribution < 1.29 is 14.6 Å². The first kappa shape index (κ1) is 19.7. The highest BCUT2D eigenvalue weighted by molar-refractivity contribution is 6.01. The molecule has 1 aromatic rings. The third-order valence-electron chi connectivity index (χ3n) is 5.06. The molecule has 0 radical (unpaired) electrons. The van der Waals surface area contributed by atoms with E-state index in [9.17, 15) is 20.4 Å².